The fraction of sp³-hybridized carbons (Fsp3) is 0.333. The van der Waals surface area contributed by atoms with Crippen molar-refractivity contribution in [3.63, 3.8) is 0 Å². The summed E-state index contributed by atoms with van der Waals surface area (Å²) in [5.74, 6) is -0.865. The number of hydrogen-bond acceptors (Lipinski definition) is 6. The second-order valence-electron chi connectivity index (χ2n) is 5.85. The molecule has 6 nitrogen and oxygen atoms in total. The van der Waals surface area contributed by atoms with E-state index in [4.69, 9.17) is 4.74 Å². The molecule has 0 radical (unpaired) electrons. The minimum atomic E-state index is -3.36. The van der Waals surface area contributed by atoms with Gasteiger partial charge in [0, 0.05) is 17.5 Å². The van der Waals surface area contributed by atoms with Crippen LogP contribution in [0.5, 0.6) is 0 Å². The predicted molar refractivity (Wildman–Crippen MR) is 103 cm³/mol. The Balaban J connectivity index is 2.00. The van der Waals surface area contributed by atoms with E-state index in [0.717, 1.165) is 27.4 Å². The summed E-state index contributed by atoms with van der Waals surface area (Å²) in [6.07, 6.45) is 1.94. The Hall–Kier alpha value is -2.19. The van der Waals surface area contributed by atoms with Gasteiger partial charge in [0.1, 0.15) is 4.88 Å². The molecule has 0 unspecified atom stereocenters. The number of benzene rings is 1. The number of esters is 1. The van der Waals surface area contributed by atoms with Crippen molar-refractivity contribution >= 4 is 38.8 Å². The van der Waals surface area contributed by atoms with E-state index in [2.05, 4.69) is 0 Å². The number of hydrogen-bond donors (Lipinski definition) is 0. The van der Waals surface area contributed by atoms with E-state index >= 15 is 0 Å². The molecule has 140 valence electrons. The molecule has 8 heteroatoms. The Morgan fingerprint density at radius 3 is 2.31 bits per heavy atom. The molecule has 2 aromatic rings. The van der Waals surface area contributed by atoms with E-state index in [0.29, 0.717) is 16.1 Å². The highest BCUT2D eigenvalue weighted by Gasteiger charge is 2.16. The first kappa shape index (κ1) is 20.1. The first-order chi connectivity index (χ1) is 12.1. The summed E-state index contributed by atoms with van der Waals surface area (Å²) in [6, 6.07) is 7.86. The molecule has 0 saturated heterocycles. The van der Waals surface area contributed by atoms with Crippen molar-refractivity contribution in [1.82, 2.24) is 0 Å². The SMILES string of the molecule is CCc1sc(C(=O)OCC(=O)c2ccc(N(C)S(C)(=O)=O)cc2)cc1C. The Bertz CT molecular complexity index is 914. The van der Waals surface area contributed by atoms with Crippen molar-refractivity contribution in [2.75, 3.05) is 24.2 Å². The van der Waals surface area contributed by atoms with Gasteiger partial charge in [-0.15, -0.1) is 11.3 Å². The molecule has 0 spiro atoms. The van der Waals surface area contributed by atoms with E-state index in [1.165, 1.54) is 42.6 Å². The average Bonchev–Trinajstić information content (AvgIpc) is 2.99. The van der Waals surface area contributed by atoms with Gasteiger partial charge in [0.2, 0.25) is 10.0 Å². The van der Waals surface area contributed by atoms with Gasteiger partial charge in [-0.05, 0) is 49.2 Å². The maximum absolute atomic E-state index is 12.2. The third-order valence-corrected chi connectivity index (χ3v) is 6.49. The number of carbonyl (C=O) groups is 2. The number of rotatable bonds is 7. The number of sulfonamides is 1. The predicted octanol–water partition coefficient (Wildman–Crippen LogP) is 3.05. The van der Waals surface area contributed by atoms with E-state index in [9.17, 15) is 18.0 Å². The molecule has 0 fully saturated rings. The molecule has 0 aliphatic rings. The van der Waals surface area contributed by atoms with Crippen LogP contribution in [0.15, 0.2) is 30.3 Å². The molecule has 0 saturated carbocycles. The van der Waals surface area contributed by atoms with Crippen LogP contribution in [0.4, 0.5) is 5.69 Å². The molecular formula is C18H21NO5S2. The third kappa shape index (κ3) is 4.70. The summed E-state index contributed by atoms with van der Waals surface area (Å²) in [5.41, 5.74) is 1.84. The normalized spacial score (nSPS) is 11.2. The maximum Gasteiger partial charge on any atom is 0.348 e. The molecule has 0 aliphatic heterocycles. The number of nitrogens with zero attached hydrogens (tertiary/aromatic N) is 1. The monoisotopic (exact) mass is 395 g/mol. The first-order valence-electron chi connectivity index (χ1n) is 7.97. The van der Waals surface area contributed by atoms with Crippen LogP contribution in [0.3, 0.4) is 0 Å². The molecule has 0 amide bonds. The standard InChI is InChI=1S/C18H21NO5S2/c1-5-16-12(2)10-17(25-16)18(21)24-11-15(20)13-6-8-14(9-7-13)19(3)26(4,22)23/h6-10H,5,11H2,1-4H3. The van der Waals surface area contributed by atoms with Gasteiger partial charge in [0.15, 0.2) is 12.4 Å². The summed E-state index contributed by atoms with van der Waals surface area (Å²) >= 11 is 1.37. The number of ketones is 1. The van der Waals surface area contributed by atoms with Crippen LogP contribution in [0, 0.1) is 6.92 Å². The van der Waals surface area contributed by atoms with Crippen molar-refractivity contribution in [3.05, 3.63) is 51.2 Å². The van der Waals surface area contributed by atoms with Crippen molar-refractivity contribution in [2.45, 2.75) is 20.3 Å². The van der Waals surface area contributed by atoms with Gasteiger partial charge in [-0.25, -0.2) is 13.2 Å². The van der Waals surface area contributed by atoms with Gasteiger partial charge >= 0.3 is 5.97 Å². The number of thiophene rings is 1. The lowest BCUT2D eigenvalue weighted by atomic mass is 10.1. The van der Waals surface area contributed by atoms with Gasteiger partial charge in [0.05, 0.1) is 11.9 Å². The van der Waals surface area contributed by atoms with Gasteiger partial charge in [-0.2, -0.15) is 0 Å². The highest BCUT2D eigenvalue weighted by atomic mass is 32.2. The molecule has 0 N–H and O–H groups in total. The second kappa shape index (κ2) is 8.01. The number of aryl methyl sites for hydroxylation is 2. The Labute approximate surface area is 157 Å². The van der Waals surface area contributed by atoms with Crippen LogP contribution in [0.1, 0.15) is 37.4 Å². The number of anilines is 1. The Morgan fingerprint density at radius 1 is 1.19 bits per heavy atom. The molecule has 26 heavy (non-hydrogen) atoms. The topological polar surface area (TPSA) is 80.8 Å². The summed E-state index contributed by atoms with van der Waals surface area (Å²) < 4.78 is 29.2. The fourth-order valence-electron chi connectivity index (χ4n) is 2.31. The van der Waals surface area contributed by atoms with E-state index in [1.807, 2.05) is 13.8 Å². The van der Waals surface area contributed by atoms with Crippen LogP contribution in [-0.2, 0) is 21.2 Å². The third-order valence-electron chi connectivity index (χ3n) is 3.93. The number of Topliss-reactive ketones (excluding diaryl/α,β-unsaturated/α-hetero) is 1. The lowest BCUT2D eigenvalue weighted by Crippen LogP contribution is -2.24. The minimum absolute atomic E-state index is 0.347. The lowest BCUT2D eigenvalue weighted by molar-refractivity contribution is 0.0479. The summed E-state index contributed by atoms with van der Waals surface area (Å²) in [5, 5.41) is 0. The molecule has 2 rings (SSSR count). The quantitative estimate of drug-likeness (QED) is 0.532. The van der Waals surface area contributed by atoms with Crippen LogP contribution in [0.25, 0.3) is 0 Å². The minimum Gasteiger partial charge on any atom is -0.453 e. The number of ether oxygens (including phenoxy) is 1. The molecule has 1 aromatic heterocycles. The lowest BCUT2D eigenvalue weighted by Gasteiger charge is -2.16. The average molecular weight is 396 g/mol. The van der Waals surface area contributed by atoms with Gasteiger partial charge in [-0.3, -0.25) is 9.10 Å². The van der Waals surface area contributed by atoms with E-state index < -0.39 is 16.0 Å². The van der Waals surface area contributed by atoms with Crippen molar-refractivity contribution in [2.24, 2.45) is 0 Å². The Morgan fingerprint density at radius 2 is 1.81 bits per heavy atom. The zero-order chi connectivity index (χ0) is 19.5. The first-order valence-corrected chi connectivity index (χ1v) is 10.6. The molecular weight excluding hydrogens is 374 g/mol. The van der Waals surface area contributed by atoms with Crippen LogP contribution >= 0.6 is 11.3 Å². The summed E-state index contributed by atoms with van der Waals surface area (Å²) in [6.45, 7) is 3.59. The highest BCUT2D eigenvalue weighted by Crippen LogP contribution is 2.23. The molecule has 0 atom stereocenters. The molecule has 0 aliphatic carbocycles. The zero-order valence-corrected chi connectivity index (χ0v) is 16.7. The van der Waals surface area contributed by atoms with Gasteiger partial charge in [-0.1, -0.05) is 6.92 Å². The van der Waals surface area contributed by atoms with Crippen LogP contribution in [0.2, 0.25) is 0 Å². The molecule has 0 bridgehead atoms. The Kier molecular flexibility index (Phi) is 6.20. The largest absolute Gasteiger partial charge is 0.453 e. The second-order valence-corrected chi connectivity index (χ2v) is 9.00. The molecule has 1 heterocycles. The number of carbonyl (C=O) groups excluding carboxylic acids is 2. The molecule has 1 aromatic carbocycles. The summed E-state index contributed by atoms with van der Waals surface area (Å²) in [4.78, 5) is 25.9. The van der Waals surface area contributed by atoms with Gasteiger partial charge in [0.25, 0.3) is 0 Å². The van der Waals surface area contributed by atoms with Gasteiger partial charge < -0.3 is 4.74 Å². The smallest absolute Gasteiger partial charge is 0.348 e. The van der Waals surface area contributed by atoms with Crippen LogP contribution in [-0.4, -0.2) is 40.1 Å². The van der Waals surface area contributed by atoms with E-state index in [1.54, 1.807) is 6.07 Å². The van der Waals surface area contributed by atoms with Crippen molar-refractivity contribution in [3.8, 4) is 0 Å². The highest BCUT2D eigenvalue weighted by molar-refractivity contribution is 7.92. The van der Waals surface area contributed by atoms with E-state index in [-0.39, 0.29) is 12.4 Å². The summed E-state index contributed by atoms with van der Waals surface area (Å²) in [7, 11) is -1.93. The zero-order valence-electron chi connectivity index (χ0n) is 15.1. The fourth-order valence-corrected chi connectivity index (χ4v) is 3.82. The van der Waals surface area contributed by atoms with Crippen molar-refractivity contribution < 1.29 is 22.7 Å². The van der Waals surface area contributed by atoms with Crippen LogP contribution < -0.4 is 4.31 Å². The maximum atomic E-state index is 12.2. The van der Waals surface area contributed by atoms with Crippen molar-refractivity contribution in [1.29, 1.82) is 0 Å².